The SMILES string of the molecule is CCC1CCC(OC(F)(F)C(F)(F)C(F)(F)C(F)(F)F)C1OC(F)(F)C(F)(F)C(F)(F)C(F)(F)F. The maximum Gasteiger partial charge on any atom is 0.460 e. The third kappa shape index (κ3) is 5.09. The van der Waals surface area contributed by atoms with Crippen molar-refractivity contribution in [3.05, 3.63) is 0 Å². The van der Waals surface area contributed by atoms with Crippen molar-refractivity contribution in [2.45, 2.75) is 86.7 Å². The number of hydrogen-bond acceptors (Lipinski definition) is 2. The van der Waals surface area contributed by atoms with Gasteiger partial charge in [0, 0.05) is 0 Å². The summed E-state index contributed by atoms with van der Waals surface area (Å²) in [6.45, 7) is 0.953. The van der Waals surface area contributed by atoms with Crippen LogP contribution in [0.3, 0.4) is 0 Å². The molecular weight excluding hydrogens is 554 g/mol. The molecule has 0 heterocycles. The summed E-state index contributed by atoms with van der Waals surface area (Å²) in [5, 5.41) is 0. The lowest BCUT2D eigenvalue weighted by atomic mass is 10.0. The molecule has 20 heteroatoms. The van der Waals surface area contributed by atoms with E-state index in [2.05, 4.69) is 9.47 Å². The highest BCUT2D eigenvalue weighted by atomic mass is 19.4. The quantitative estimate of drug-likeness (QED) is 0.271. The molecule has 210 valence electrons. The molecule has 0 aromatic heterocycles. The fourth-order valence-electron chi connectivity index (χ4n) is 2.98. The fourth-order valence-corrected chi connectivity index (χ4v) is 2.98. The van der Waals surface area contributed by atoms with Gasteiger partial charge in [-0.3, -0.25) is 0 Å². The van der Waals surface area contributed by atoms with E-state index in [-0.39, 0.29) is 0 Å². The van der Waals surface area contributed by atoms with Crippen LogP contribution in [0, 0.1) is 5.92 Å². The van der Waals surface area contributed by atoms with E-state index in [1.807, 2.05) is 0 Å². The van der Waals surface area contributed by atoms with Gasteiger partial charge in [-0.05, 0) is 18.8 Å². The maximum atomic E-state index is 13.8. The van der Waals surface area contributed by atoms with Crippen LogP contribution in [0.25, 0.3) is 0 Å². The maximum absolute atomic E-state index is 13.8. The van der Waals surface area contributed by atoms with Gasteiger partial charge in [0.25, 0.3) is 0 Å². The second-order valence-electron chi connectivity index (χ2n) is 7.31. The molecule has 0 aliphatic heterocycles. The highest BCUT2D eigenvalue weighted by Gasteiger charge is 2.85. The van der Waals surface area contributed by atoms with Gasteiger partial charge in [0.05, 0.1) is 12.2 Å². The van der Waals surface area contributed by atoms with E-state index >= 15 is 0 Å². The van der Waals surface area contributed by atoms with Crippen molar-refractivity contribution in [1.82, 2.24) is 0 Å². The molecule has 0 bridgehead atoms. The number of ether oxygens (including phenoxy) is 2. The minimum absolute atomic E-state index is 0.609. The predicted octanol–water partition coefficient (Wildman–Crippen LogP) is 7.43. The highest BCUT2D eigenvalue weighted by Crippen LogP contribution is 2.57. The van der Waals surface area contributed by atoms with E-state index in [4.69, 9.17) is 0 Å². The summed E-state index contributed by atoms with van der Waals surface area (Å²) in [5.41, 5.74) is 0. The van der Waals surface area contributed by atoms with Crippen LogP contribution in [-0.2, 0) is 9.47 Å². The third-order valence-corrected chi connectivity index (χ3v) is 4.99. The Balaban J connectivity index is 3.35. The van der Waals surface area contributed by atoms with E-state index in [1.54, 1.807) is 0 Å². The van der Waals surface area contributed by atoms with Gasteiger partial charge in [0.15, 0.2) is 0 Å². The molecule has 1 saturated carbocycles. The first-order valence-corrected chi connectivity index (χ1v) is 8.88. The summed E-state index contributed by atoms with van der Waals surface area (Å²) in [5.74, 6) is -31.6. The second-order valence-corrected chi connectivity index (χ2v) is 7.31. The largest absolute Gasteiger partial charge is 0.460 e. The van der Waals surface area contributed by atoms with Crippen LogP contribution in [0.15, 0.2) is 0 Å². The lowest BCUT2D eigenvalue weighted by Gasteiger charge is -2.38. The average Bonchev–Trinajstić information content (AvgIpc) is 2.99. The monoisotopic (exact) mass is 566 g/mol. The molecule has 1 rings (SSSR count). The molecule has 2 nitrogen and oxygen atoms in total. The first kappa shape index (κ1) is 31.7. The summed E-state index contributed by atoms with van der Waals surface area (Å²) < 4.78 is 239. The lowest BCUT2D eigenvalue weighted by Crippen LogP contribution is -2.64. The van der Waals surface area contributed by atoms with Crippen LogP contribution in [0.2, 0.25) is 0 Å². The molecule has 0 saturated heterocycles. The molecule has 1 aliphatic rings. The van der Waals surface area contributed by atoms with E-state index < -0.39 is 85.6 Å². The highest BCUT2D eigenvalue weighted by molar-refractivity contribution is 5.00. The van der Waals surface area contributed by atoms with Crippen molar-refractivity contribution in [2.24, 2.45) is 5.92 Å². The Labute approximate surface area is 182 Å². The molecule has 3 atom stereocenters. The van der Waals surface area contributed by atoms with Gasteiger partial charge >= 0.3 is 48.3 Å². The van der Waals surface area contributed by atoms with E-state index in [0.29, 0.717) is 0 Å². The Kier molecular flexibility index (Phi) is 8.06. The summed E-state index contributed by atoms with van der Waals surface area (Å²) in [6.07, 6.45) is -37.3. The van der Waals surface area contributed by atoms with Crippen LogP contribution < -0.4 is 0 Å². The molecule has 1 aliphatic carbocycles. The van der Waals surface area contributed by atoms with E-state index in [1.165, 1.54) is 0 Å². The molecule has 0 aromatic carbocycles. The summed E-state index contributed by atoms with van der Waals surface area (Å²) >= 11 is 0. The summed E-state index contributed by atoms with van der Waals surface area (Å²) in [4.78, 5) is 0. The first-order chi connectivity index (χ1) is 15.1. The zero-order valence-corrected chi connectivity index (χ0v) is 16.5. The molecule has 35 heavy (non-hydrogen) atoms. The zero-order valence-electron chi connectivity index (χ0n) is 16.5. The third-order valence-electron chi connectivity index (χ3n) is 4.99. The van der Waals surface area contributed by atoms with Gasteiger partial charge in [-0.2, -0.15) is 79.0 Å². The Hall–Kier alpha value is -1.34. The minimum atomic E-state index is -7.49. The Morgan fingerprint density at radius 1 is 0.514 bits per heavy atom. The van der Waals surface area contributed by atoms with Crippen molar-refractivity contribution in [2.75, 3.05) is 0 Å². The zero-order chi connectivity index (χ0) is 28.3. The van der Waals surface area contributed by atoms with Gasteiger partial charge in [-0.1, -0.05) is 13.3 Å². The topological polar surface area (TPSA) is 18.5 Å². The van der Waals surface area contributed by atoms with Crippen molar-refractivity contribution in [3.63, 3.8) is 0 Å². The fraction of sp³-hybridized carbons (Fsp3) is 1.00. The van der Waals surface area contributed by atoms with Crippen LogP contribution in [0.4, 0.5) is 79.0 Å². The molecule has 1 fully saturated rings. The van der Waals surface area contributed by atoms with E-state index in [0.717, 1.165) is 6.92 Å². The second kappa shape index (κ2) is 8.90. The minimum Gasteiger partial charge on any atom is -0.309 e. The molecule has 3 unspecified atom stereocenters. The first-order valence-electron chi connectivity index (χ1n) is 8.88. The molecule has 0 radical (unpaired) electrons. The lowest BCUT2D eigenvalue weighted by molar-refractivity contribution is -0.467. The van der Waals surface area contributed by atoms with Crippen molar-refractivity contribution in [1.29, 1.82) is 0 Å². The smallest absolute Gasteiger partial charge is 0.309 e. The van der Waals surface area contributed by atoms with Gasteiger partial charge in [0.1, 0.15) is 0 Å². The Bertz CT molecular complexity index is 739. The van der Waals surface area contributed by atoms with Gasteiger partial charge in [-0.15, -0.1) is 0 Å². The number of hydrogen-bond donors (Lipinski definition) is 0. The van der Waals surface area contributed by atoms with Gasteiger partial charge in [0.2, 0.25) is 0 Å². The Morgan fingerprint density at radius 2 is 0.857 bits per heavy atom. The van der Waals surface area contributed by atoms with Gasteiger partial charge in [-0.25, -0.2) is 0 Å². The standard InChI is InChI=1S/C15H12F18O2/c1-2-5-3-4-6(34-14(30,31)10(20,21)8(16,17)12(24,25)26)7(5)35-15(32,33)11(22,23)9(18,19)13(27,28)29/h5-7H,2-4H2,1H3. The molecule has 0 spiro atoms. The predicted molar refractivity (Wildman–Crippen MR) is 74.6 cm³/mol. The normalized spacial score (nSPS) is 24.3. The van der Waals surface area contributed by atoms with Crippen LogP contribution in [0.5, 0.6) is 0 Å². The van der Waals surface area contributed by atoms with Gasteiger partial charge < -0.3 is 9.47 Å². The average molecular weight is 566 g/mol. The van der Waals surface area contributed by atoms with Crippen molar-refractivity contribution < 1.29 is 88.5 Å². The number of rotatable bonds is 9. The van der Waals surface area contributed by atoms with Crippen molar-refractivity contribution in [3.8, 4) is 0 Å². The molecule has 0 amide bonds. The number of alkyl halides is 18. The molecule has 0 aromatic rings. The number of halogens is 18. The van der Waals surface area contributed by atoms with E-state index in [9.17, 15) is 79.0 Å². The summed E-state index contributed by atoms with van der Waals surface area (Å²) in [7, 11) is 0. The van der Waals surface area contributed by atoms with Crippen molar-refractivity contribution >= 4 is 0 Å². The van der Waals surface area contributed by atoms with Crippen LogP contribution in [-0.4, -0.2) is 60.5 Å². The summed E-state index contributed by atoms with van der Waals surface area (Å²) in [6, 6.07) is 0. The molecule has 0 N–H and O–H groups in total. The Morgan fingerprint density at radius 3 is 1.17 bits per heavy atom. The van der Waals surface area contributed by atoms with Crippen LogP contribution in [0.1, 0.15) is 26.2 Å². The molecular formula is C15H12F18O2. The van der Waals surface area contributed by atoms with Crippen LogP contribution >= 0.6 is 0 Å².